The zero-order valence-electron chi connectivity index (χ0n) is 18.1. The Morgan fingerprint density at radius 3 is 2.65 bits per heavy atom. The van der Waals surface area contributed by atoms with E-state index in [0.717, 1.165) is 4.88 Å². The molecule has 176 valence electrons. The minimum atomic E-state index is -3.74. The first-order valence-corrected chi connectivity index (χ1v) is 13.2. The van der Waals surface area contributed by atoms with Gasteiger partial charge in [-0.1, -0.05) is 36.7 Å². The van der Waals surface area contributed by atoms with Gasteiger partial charge in [-0.25, -0.2) is 18.4 Å². The van der Waals surface area contributed by atoms with Gasteiger partial charge in [-0.3, -0.25) is 4.79 Å². The molecule has 0 saturated carbocycles. The predicted octanol–water partition coefficient (Wildman–Crippen LogP) is 5.04. The van der Waals surface area contributed by atoms with Gasteiger partial charge >= 0.3 is 0 Å². The Labute approximate surface area is 206 Å². The Bertz CT molecular complexity index is 1340. The molecule has 0 radical (unpaired) electrons. The molecular formula is C23H21ClN4O4S2. The maximum atomic E-state index is 13.4. The first-order chi connectivity index (χ1) is 16.4. The second kappa shape index (κ2) is 10.4. The van der Waals surface area contributed by atoms with E-state index in [1.54, 1.807) is 47.9 Å². The molecule has 0 saturated heterocycles. The van der Waals surface area contributed by atoms with E-state index in [0.29, 0.717) is 35.2 Å². The maximum absolute atomic E-state index is 13.4. The Kier molecular flexibility index (Phi) is 7.30. The highest BCUT2D eigenvalue weighted by molar-refractivity contribution is 7.91. The normalized spacial score (nSPS) is 11.4. The molecule has 0 spiro atoms. The van der Waals surface area contributed by atoms with Crippen LogP contribution in [0.25, 0.3) is 0 Å². The summed E-state index contributed by atoms with van der Waals surface area (Å²) in [5.41, 5.74) is 0.670. The Morgan fingerprint density at radius 2 is 1.97 bits per heavy atom. The van der Waals surface area contributed by atoms with Crippen LogP contribution >= 0.6 is 22.9 Å². The molecule has 1 aromatic carbocycles. The zero-order chi connectivity index (χ0) is 24.1. The van der Waals surface area contributed by atoms with Gasteiger partial charge in [0.25, 0.3) is 5.91 Å². The molecule has 0 aliphatic carbocycles. The third kappa shape index (κ3) is 5.46. The van der Waals surface area contributed by atoms with Crippen molar-refractivity contribution in [3.63, 3.8) is 0 Å². The molecule has 1 N–H and O–H groups in total. The monoisotopic (exact) mass is 516 g/mol. The fourth-order valence-corrected chi connectivity index (χ4v) is 4.79. The third-order valence-corrected chi connectivity index (χ3v) is 7.64. The van der Waals surface area contributed by atoms with Crippen molar-refractivity contribution in [1.29, 1.82) is 0 Å². The topological polar surface area (TPSA) is 105 Å². The molecule has 4 rings (SSSR count). The van der Waals surface area contributed by atoms with Crippen molar-refractivity contribution in [2.45, 2.75) is 25.2 Å². The van der Waals surface area contributed by atoms with Gasteiger partial charge in [-0.15, -0.1) is 11.3 Å². The summed E-state index contributed by atoms with van der Waals surface area (Å²) >= 11 is 7.77. The van der Waals surface area contributed by atoms with Gasteiger partial charge in [0.1, 0.15) is 5.76 Å². The molecule has 8 nitrogen and oxygen atoms in total. The number of para-hydroxylation sites is 1. The second-order valence-electron chi connectivity index (χ2n) is 7.24. The van der Waals surface area contributed by atoms with Gasteiger partial charge in [0, 0.05) is 4.88 Å². The van der Waals surface area contributed by atoms with Crippen molar-refractivity contribution in [3.05, 3.63) is 87.7 Å². The molecule has 0 bridgehead atoms. The number of sulfone groups is 1. The summed E-state index contributed by atoms with van der Waals surface area (Å²) in [5.74, 6) is -0.128. The van der Waals surface area contributed by atoms with Crippen LogP contribution in [0.5, 0.6) is 0 Å². The molecule has 3 aromatic heterocycles. The largest absolute Gasteiger partial charge is 0.467 e. The first-order valence-electron chi connectivity index (χ1n) is 10.3. The lowest BCUT2D eigenvalue weighted by molar-refractivity contribution is 0.102. The van der Waals surface area contributed by atoms with Crippen molar-refractivity contribution >= 4 is 50.1 Å². The fraction of sp³-hybridized carbons (Fsp3) is 0.174. The molecule has 0 aliphatic heterocycles. The minimum absolute atomic E-state index is 0.0787. The van der Waals surface area contributed by atoms with Crippen LogP contribution in [0.2, 0.25) is 5.02 Å². The molecule has 0 unspecified atom stereocenters. The van der Waals surface area contributed by atoms with E-state index in [4.69, 9.17) is 16.0 Å². The summed E-state index contributed by atoms with van der Waals surface area (Å²) in [7, 11) is -3.74. The number of nitrogens with one attached hydrogen (secondary N) is 1. The second-order valence-corrected chi connectivity index (χ2v) is 10.9. The van der Waals surface area contributed by atoms with Gasteiger partial charge < -0.3 is 14.6 Å². The molecule has 11 heteroatoms. The van der Waals surface area contributed by atoms with Crippen LogP contribution in [0.1, 0.15) is 28.0 Å². The van der Waals surface area contributed by atoms with Gasteiger partial charge in [0.05, 0.1) is 47.7 Å². The van der Waals surface area contributed by atoms with E-state index in [1.807, 2.05) is 28.5 Å². The van der Waals surface area contributed by atoms with E-state index in [9.17, 15) is 13.2 Å². The van der Waals surface area contributed by atoms with E-state index < -0.39 is 20.9 Å². The molecule has 0 aliphatic rings. The number of rotatable bonds is 9. The molecule has 4 aromatic rings. The van der Waals surface area contributed by atoms with Crippen molar-refractivity contribution in [3.8, 4) is 0 Å². The van der Waals surface area contributed by atoms with Gasteiger partial charge in [-0.2, -0.15) is 0 Å². The number of carbonyl (C=O) groups is 1. The number of aromatic nitrogens is 2. The lowest BCUT2D eigenvalue weighted by atomic mass is 10.2. The average molecular weight is 517 g/mol. The van der Waals surface area contributed by atoms with Gasteiger partial charge in [0.2, 0.25) is 15.0 Å². The molecule has 1 amide bonds. The summed E-state index contributed by atoms with van der Waals surface area (Å²) in [6.45, 7) is 2.25. The summed E-state index contributed by atoms with van der Waals surface area (Å²) in [6.07, 6.45) is 2.94. The van der Waals surface area contributed by atoms with E-state index in [2.05, 4.69) is 15.3 Å². The van der Waals surface area contributed by atoms with E-state index >= 15 is 0 Å². The van der Waals surface area contributed by atoms with E-state index in [-0.39, 0.29) is 11.4 Å². The summed E-state index contributed by atoms with van der Waals surface area (Å²) < 4.78 is 30.5. The number of carbonyl (C=O) groups excluding carboxylic acids is 1. The number of halogens is 1. The Morgan fingerprint density at radius 1 is 1.15 bits per heavy atom. The van der Waals surface area contributed by atoms with Crippen LogP contribution < -0.4 is 10.2 Å². The summed E-state index contributed by atoms with van der Waals surface area (Å²) in [4.78, 5) is 24.6. The van der Waals surface area contributed by atoms with Crippen LogP contribution in [0, 0.1) is 0 Å². The zero-order valence-corrected chi connectivity index (χ0v) is 20.5. The van der Waals surface area contributed by atoms with E-state index in [1.165, 1.54) is 13.1 Å². The fourth-order valence-electron chi connectivity index (χ4n) is 3.19. The third-order valence-electron chi connectivity index (χ3n) is 4.94. The Balaban J connectivity index is 1.79. The van der Waals surface area contributed by atoms with Crippen molar-refractivity contribution in [2.75, 3.05) is 16.0 Å². The number of furan rings is 1. The molecule has 3 heterocycles. The Hall–Kier alpha value is -3.21. The summed E-state index contributed by atoms with van der Waals surface area (Å²) in [5, 5.41) is 4.63. The number of nitrogens with zero attached hydrogens (tertiary/aromatic N) is 3. The van der Waals surface area contributed by atoms with Crippen molar-refractivity contribution in [1.82, 2.24) is 9.97 Å². The number of hydrogen-bond donors (Lipinski definition) is 1. The lowest BCUT2D eigenvalue weighted by Crippen LogP contribution is -2.27. The SMILES string of the molecule is CCS(=O)(=O)c1ncc(N(Cc2ccco2)Cc2cccs2)c(C(=O)Nc2ccccc2Cl)n1. The quantitative estimate of drug-likeness (QED) is 0.311. The number of thiophene rings is 1. The van der Waals surface area contributed by atoms with Crippen LogP contribution in [-0.2, 0) is 22.9 Å². The molecular weight excluding hydrogens is 496 g/mol. The number of amides is 1. The van der Waals surface area contributed by atoms with Gasteiger partial charge in [-0.05, 0) is 35.7 Å². The van der Waals surface area contributed by atoms with Crippen molar-refractivity contribution < 1.29 is 17.6 Å². The summed E-state index contributed by atoms with van der Waals surface area (Å²) in [6, 6.07) is 14.3. The number of anilines is 2. The highest BCUT2D eigenvalue weighted by atomic mass is 35.5. The molecule has 0 atom stereocenters. The highest BCUT2D eigenvalue weighted by Crippen LogP contribution is 2.28. The number of benzene rings is 1. The average Bonchev–Trinajstić information content (AvgIpc) is 3.54. The van der Waals surface area contributed by atoms with Crippen LogP contribution in [-0.4, -0.2) is 30.0 Å². The standard InChI is InChI=1S/C23H21ClN4O4S2/c1-2-34(30,31)23-25-13-20(21(27-23)22(29)26-19-10-4-3-9-18(19)24)28(14-16-7-5-11-32-16)15-17-8-6-12-33-17/h3-13H,2,14-15H2,1H3,(H,26,29). The van der Waals surface area contributed by atoms with Crippen LogP contribution in [0.15, 0.2) is 75.9 Å². The highest BCUT2D eigenvalue weighted by Gasteiger charge is 2.25. The van der Waals surface area contributed by atoms with Crippen LogP contribution in [0.3, 0.4) is 0 Å². The smallest absolute Gasteiger partial charge is 0.276 e. The number of hydrogen-bond acceptors (Lipinski definition) is 8. The van der Waals surface area contributed by atoms with Crippen LogP contribution in [0.4, 0.5) is 11.4 Å². The maximum Gasteiger partial charge on any atom is 0.276 e. The minimum Gasteiger partial charge on any atom is -0.467 e. The van der Waals surface area contributed by atoms with Gasteiger partial charge in [0.15, 0.2) is 5.69 Å². The first kappa shape index (κ1) is 23.9. The van der Waals surface area contributed by atoms with Crippen molar-refractivity contribution in [2.24, 2.45) is 0 Å². The lowest BCUT2D eigenvalue weighted by Gasteiger charge is -2.25. The molecule has 34 heavy (non-hydrogen) atoms. The molecule has 0 fully saturated rings. The predicted molar refractivity (Wildman–Crippen MR) is 132 cm³/mol.